The minimum Gasteiger partial charge on any atom is -0.394 e. The fraction of sp³-hybridized carbons (Fsp3) is 0.948. The van der Waals surface area contributed by atoms with Crippen molar-refractivity contribution in [1.29, 1.82) is 0 Å². The highest BCUT2D eigenvalue weighted by molar-refractivity contribution is 7.80. The van der Waals surface area contributed by atoms with Gasteiger partial charge in [-0.05, 0) is 120 Å². The van der Waals surface area contributed by atoms with Crippen LogP contribution in [0.2, 0.25) is 0 Å². The summed E-state index contributed by atoms with van der Waals surface area (Å²) in [6.07, 6.45) is -40.5. The van der Waals surface area contributed by atoms with Crippen molar-refractivity contribution >= 4 is 16.2 Å². The smallest absolute Gasteiger partial charge is 0.394 e. The highest BCUT2D eigenvalue weighted by Crippen LogP contribution is 2.67. The van der Waals surface area contributed by atoms with Gasteiger partial charge in [0.15, 0.2) is 31.5 Å². The number of hydrogen-bond donors (Lipinski definition) is 15. The lowest BCUT2D eigenvalue weighted by Crippen LogP contribution is -2.70. The molecule has 3 saturated carbocycles. The van der Waals surface area contributed by atoms with Gasteiger partial charge in [-0.1, -0.05) is 46.3 Å². The molecule has 34 atom stereocenters. The molecule has 88 heavy (non-hydrogen) atoms. The van der Waals surface area contributed by atoms with E-state index in [0.29, 0.717) is 25.7 Å². The summed E-state index contributed by atoms with van der Waals surface area (Å²) in [4.78, 5) is 13.6. The maximum atomic E-state index is 13.6. The van der Waals surface area contributed by atoms with Crippen LogP contribution >= 0.6 is 0 Å². The second-order valence-corrected chi connectivity index (χ2v) is 28.7. The van der Waals surface area contributed by atoms with Crippen molar-refractivity contribution in [1.82, 2.24) is 0 Å². The third-order valence-electron chi connectivity index (χ3n) is 21.6. The number of aliphatic hydroxyl groups excluding tert-OH is 11. The lowest BCUT2D eigenvalue weighted by atomic mass is 9.47. The monoisotopic (exact) mass is 1290 g/mol. The predicted octanol–water partition coefficient (Wildman–Crippen LogP) is -2.72. The van der Waals surface area contributed by atoms with Gasteiger partial charge in [0.05, 0.1) is 42.7 Å². The Labute approximate surface area is 511 Å². The van der Waals surface area contributed by atoms with Gasteiger partial charge in [-0.15, -0.1) is 0 Å². The van der Waals surface area contributed by atoms with Crippen molar-refractivity contribution in [3.05, 3.63) is 11.6 Å². The van der Waals surface area contributed by atoms with Crippen molar-refractivity contribution in [2.75, 3.05) is 6.61 Å². The molecule has 29 nitrogen and oxygen atoms in total. The number of fused-ring (bicyclic) bond motifs is 5. The number of ether oxygens (including phenoxy) is 10. The summed E-state index contributed by atoms with van der Waals surface area (Å²) < 4.78 is 101. The molecule has 15 N–H and O–H groups in total. The second-order valence-electron chi connectivity index (χ2n) is 27.6. The third kappa shape index (κ3) is 13.4. The lowest BCUT2D eigenvalue weighted by Gasteiger charge is -2.60. The van der Waals surface area contributed by atoms with Crippen molar-refractivity contribution in [3.8, 4) is 0 Å². The van der Waals surface area contributed by atoms with E-state index in [1.807, 2.05) is 27.7 Å². The topological polar surface area (TPSA) is 456 Å². The Morgan fingerprint density at radius 1 is 0.648 bits per heavy atom. The van der Waals surface area contributed by atoms with Crippen LogP contribution in [0.4, 0.5) is 0 Å². The van der Waals surface area contributed by atoms with Crippen LogP contribution in [0, 0.1) is 46.3 Å². The van der Waals surface area contributed by atoms with Crippen LogP contribution in [0.3, 0.4) is 0 Å². The molecule has 0 aromatic carbocycles. The van der Waals surface area contributed by atoms with Crippen LogP contribution in [-0.4, -0.2) is 268 Å². The van der Waals surface area contributed by atoms with Crippen molar-refractivity contribution in [3.63, 3.8) is 0 Å². The van der Waals surface area contributed by atoms with Gasteiger partial charge in [-0.2, -0.15) is 8.42 Å². The zero-order chi connectivity index (χ0) is 65.0. The number of aliphatic hydroxyl groups is 14. The molecule has 4 aliphatic carbocycles. The minimum atomic E-state index is -4.93. The zero-order valence-electron chi connectivity index (χ0n) is 51.2. The van der Waals surface area contributed by atoms with Crippen LogP contribution in [0.5, 0.6) is 0 Å². The molecule has 0 aromatic rings. The molecule has 0 radical (unpaired) electrons. The van der Waals surface area contributed by atoms with E-state index < -0.39 is 205 Å². The first-order valence-corrected chi connectivity index (χ1v) is 32.2. The fourth-order valence-electron chi connectivity index (χ4n) is 16.0. The largest absolute Gasteiger partial charge is 0.397 e. The number of carbonyl (C=O) groups is 1. The summed E-state index contributed by atoms with van der Waals surface area (Å²) >= 11 is 0. The number of allylic oxidation sites excluding steroid dienone is 2. The van der Waals surface area contributed by atoms with Gasteiger partial charge in [-0.25, -0.2) is 4.18 Å². The molecule has 5 saturated heterocycles. The maximum Gasteiger partial charge on any atom is 0.397 e. The van der Waals surface area contributed by atoms with Crippen LogP contribution in [0.15, 0.2) is 11.6 Å². The van der Waals surface area contributed by atoms with Gasteiger partial charge >= 0.3 is 10.4 Å². The molecular weight excluding hydrogens is 1190 g/mol. The quantitative estimate of drug-likeness (QED) is 0.0377. The van der Waals surface area contributed by atoms with E-state index in [4.69, 9.17) is 51.6 Å². The van der Waals surface area contributed by atoms with E-state index in [-0.39, 0.29) is 61.1 Å². The van der Waals surface area contributed by atoms with Crippen LogP contribution in [0.25, 0.3) is 0 Å². The van der Waals surface area contributed by atoms with Gasteiger partial charge in [0, 0.05) is 12.3 Å². The first-order valence-electron chi connectivity index (χ1n) is 30.9. The highest BCUT2D eigenvalue weighted by atomic mass is 32.3. The van der Waals surface area contributed by atoms with E-state index >= 15 is 0 Å². The average molecular weight is 1290 g/mol. The average Bonchev–Trinajstić information content (AvgIpc) is 1.32. The SMILES string of the molecule is CC1OC(OC2C(OC3C(C)OC(OC4C(O)C(OC5CC6C(=CC[C@@]7(C)C6CC[C@@H]7C(C)(O)CC(=O)[C@@H](C)C(C)C)[C@@]6(C)CC[C@H](OS(=O)(=O)O)CC56)OC(C)C4(O)O)C(OC4OC(C)C(O)C(O)C4O)C3O)OC(CO)C(O)C2O)C(O)C(O)C1O. The highest BCUT2D eigenvalue weighted by Gasteiger charge is 2.65. The third-order valence-corrected chi connectivity index (χ3v) is 22.1. The van der Waals surface area contributed by atoms with E-state index in [2.05, 4.69) is 13.0 Å². The summed E-state index contributed by atoms with van der Waals surface area (Å²) in [5.74, 6) is -4.52. The standard InChI is InChI=1S/C58H96O29S/c1-21(2)22(3)32(60)19-57(10,71)35-12-11-29-28-18-33(31-17-27(87-88(74,75)76)13-15-55(31,8)30(28)14-16-56(29,35)9)81-52-45(70)49(58(72,73)26(7)80-52)86-53-48(85-51-43(68)40(65)37(62)24(5)78-51)44(69)46(25(6)79-53)83-54-47(41(66)38(63)34(20-59)82-54)84-50-42(67)39(64)36(61)23(4)77-50/h14,21-29,31,33-54,59,61-73H,11-13,15-20H2,1-10H3,(H,74,75,76)/t22-,23?,24?,25?,26?,27-,28?,29?,31?,33?,34?,35-,36?,37?,38?,39?,40?,41?,42?,43?,44?,45?,46?,47?,48?,49?,50?,51?,52?,53?,54?,55+,56-,57?/m0/s1. The van der Waals surface area contributed by atoms with Crippen LogP contribution < -0.4 is 0 Å². The summed E-state index contributed by atoms with van der Waals surface area (Å²) in [5, 5.41) is 158. The van der Waals surface area contributed by atoms with Crippen LogP contribution in [0.1, 0.15) is 121 Å². The van der Waals surface area contributed by atoms with Gasteiger partial charge in [0.2, 0.25) is 5.79 Å². The molecule has 8 fully saturated rings. The summed E-state index contributed by atoms with van der Waals surface area (Å²) in [6, 6.07) is 0. The Kier molecular flexibility index (Phi) is 21.3. The van der Waals surface area contributed by atoms with Gasteiger partial charge in [-0.3, -0.25) is 9.35 Å². The molecule has 9 rings (SSSR count). The predicted molar refractivity (Wildman–Crippen MR) is 296 cm³/mol. The van der Waals surface area contributed by atoms with Crippen molar-refractivity contribution in [2.45, 2.75) is 292 Å². The zero-order valence-corrected chi connectivity index (χ0v) is 52.1. The summed E-state index contributed by atoms with van der Waals surface area (Å²) in [6.45, 7) is 16.1. The van der Waals surface area contributed by atoms with E-state index in [0.717, 1.165) is 5.57 Å². The van der Waals surface area contributed by atoms with Crippen molar-refractivity contribution in [2.24, 2.45) is 46.3 Å². The molecule has 0 spiro atoms. The molecule has 30 heteroatoms. The fourth-order valence-corrected chi connectivity index (χ4v) is 16.5. The van der Waals surface area contributed by atoms with Gasteiger partial charge in [0.25, 0.3) is 0 Å². The number of Topliss-reactive ketones (excluding diaryl/α,β-unsaturated/α-hetero) is 1. The normalized spacial score (nSPS) is 50.9. The molecule has 508 valence electrons. The molecule has 0 aromatic heterocycles. The van der Waals surface area contributed by atoms with E-state index in [1.165, 1.54) is 27.7 Å². The first-order chi connectivity index (χ1) is 40.9. The molecule has 9 aliphatic rings. The Bertz CT molecular complexity index is 2540. The Morgan fingerprint density at radius 3 is 1.76 bits per heavy atom. The Hall–Kier alpha value is -1.68. The van der Waals surface area contributed by atoms with E-state index in [9.17, 15) is 89.3 Å². The number of rotatable bonds is 18. The second kappa shape index (κ2) is 26.5. The summed E-state index contributed by atoms with van der Waals surface area (Å²) in [5.41, 5.74) is -1.47. The lowest BCUT2D eigenvalue weighted by molar-refractivity contribution is -0.432. The maximum absolute atomic E-state index is 13.6. The minimum absolute atomic E-state index is 0.0263. The molecule has 0 amide bonds. The summed E-state index contributed by atoms with van der Waals surface area (Å²) in [7, 11) is -4.93. The van der Waals surface area contributed by atoms with Crippen molar-refractivity contribution < 1.29 is 141 Å². The van der Waals surface area contributed by atoms with Crippen LogP contribution in [-0.2, 0) is 66.7 Å². The first kappa shape index (κ1) is 70.6. The molecule has 0 bridgehead atoms. The van der Waals surface area contributed by atoms with Gasteiger partial charge in [0.1, 0.15) is 103 Å². The number of ketones is 1. The van der Waals surface area contributed by atoms with E-state index in [1.54, 1.807) is 6.92 Å². The Morgan fingerprint density at radius 2 is 1.19 bits per heavy atom. The molecule has 29 unspecified atom stereocenters. The number of carbonyl (C=O) groups excluding carboxylic acids is 1. The number of hydrogen-bond acceptors (Lipinski definition) is 28. The van der Waals surface area contributed by atoms with Gasteiger partial charge < -0.3 is 119 Å². The molecule has 5 aliphatic heterocycles. The Balaban J connectivity index is 1.01. The molecular formula is C58H96O29S. The molecule has 5 heterocycles.